The van der Waals surface area contributed by atoms with Crippen LogP contribution in [-0.2, 0) is 9.53 Å². The molecule has 3 nitrogen and oxygen atoms in total. The summed E-state index contributed by atoms with van der Waals surface area (Å²) in [5.41, 5.74) is -0.366. The highest BCUT2D eigenvalue weighted by Crippen LogP contribution is 2.41. The van der Waals surface area contributed by atoms with Crippen molar-refractivity contribution in [1.82, 2.24) is 0 Å². The summed E-state index contributed by atoms with van der Waals surface area (Å²) in [4.78, 5) is 11.4. The first kappa shape index (κ1) is 13.5. The average Bonchev–Trinajstić information content (AvgIpc) is 2.88. The normalized spacial score (nSPS) is 24.2. The summed E-state index contributed by atoms with van der Waals surface area (Å²) in [6.45, 7) is 6.00. The molecule has 0 saturated heterocycles. The second-order valence-electron chi connectivity index (χ2n) is 5.77. The van der Waals surface area contributed by atoms with Crippen LogP contribution in [0.4, 0.5) is 0 Å². The van der Waals surface area contributed by atoms with Crippen molar-refractivity contribution >= 4 is 5.97 Å². The average molecular weight is 228 g/mol. The lowest BCUT2D eigenvalue weighted by Gasteiger charge is -2.19. The van der Waals surface area contributed by atoms with Crippen molar-refractivity contribution in [3.05, 3.63) is 0 Å². The Labute approximate surface area is 98.2 Å². The van der Waals surface area contributed by atoms with Gasteiger partial charge in [-0.1, -0.05) is 12.8 Å². The van der Waals surface area contributed by atoms with Gasteiger partial charge in [0.25, 0.3) is 0 Å². The lowest BCUT2D eigenvalue weighted by Crippen LogP contribution is -2.23. The summed E-state index contributed by atoms with van der Waals surface area (Å²) >= 11 is 0. The van der Waals surface area contributed by atoms with E-state index in [1.807, 2.05) is 20.8 Å². The van der Waals surface area contributed by atoms with Gasteiger partial charge in [0.1, 0.15) is 5.60 Å². The van der Waals surface area contributed by atoms with Gasteiger partial charge in [-0.05, 0) is 45.4 Å². The van der Waals surface area contributed by atoms with Gasteiger partial charge in [0, 0.05) is 13.0 Å². The molecule has 0 amide bonds. The van der Waals surface area contributed by atoms with Gasteiger partial charge in [-0.15, -0.1) is 0 Å². The zero-order valence-electron chi connectivity index (χ0n) is 10.7. The monoisotopic (exact) mass is 228 g/mol. The van der Waals surface area contributed by atoms with Gasteiger partial charge < -0.3 is 9.84 Å². The van der Waals surface area contributed by atoms with Crippen molar-refractivity contribution in [1.29, 1.82) is 0 Å². The maximum absolute atomic E-state index is 11.4. The third-order valence-corrected chi connectivity index (χ3v) is 2.93. The summed E-state index contributed by atoms with van der Waals surface area (Å²) in [6, 6.07) is 0. The first-order valence-electron chi connectivity index (χ1n) is 6.25. The summed E-state index contributed by atoms with van der Waals surface area (Å²) < 4.78 is 5.22. The number of unbranched alkanes of at least 4 members (excludes halogenated alkanes) is 1. The van der Waals surface area contributed by atoms with Crippen molar-refractivity contribution < 1.29 is 14.6 Å². The number of aliphatic hydroxyl groups is 1. The lowest BCUT2D eigenvalue weighted by atomic mass is 10.1. The Bertz CT molecular complexity index is 230. The Morgan fingerprint density at radius 1 is 1.31 bits per heavy atom. The van der Waals surface area contributed by atoms with Crippen LogP contribution in [0.3, 0.4) is 0 Å². The molecule has 0 aromatic carbocycles. The number of ether oxygens (including phenoxy) is 1. The third kappa shape index (κ3) is 5.50. The topological polar surface area (TPSA) is 46.5 Å². The fraction of sp³-hybridized carbons (Fsp3) is 0.923. The van der Waals surface area contributed by atoms with Gasteiger partial charge in [-0.3, -0.25) is 4.79 Å². The largest absolute Gasteiger partial charge is 0.460 e. The first-order chi connectivity index (χ1) is 7.42. The quantitative estimate of drug-likeness (QED) is 0.561. The molecule has 1 aliphatic carbocycles. The van der Waals surface area contributed by atoms with E-state index in [4.69, 9.17) is 9.84 Å². The maximum atomic E-state index is 11.4. The number of aliphatic hydroxyl groups excluding tert-OH is 1. The number of carbonyl (C=O) groups is 1. The van der Waals surface area contributed by atoms with E-state index in [1.54, 1.807) is 0 Å². The molecule has 0 bridgehead atoms. The van der Waals surface area contributed by atoms with E-state index in [2.05, 4.69) is 0 Å². The molecule has 1 N–H and O–H groups in total. The van der Waals surface area contributed by atoms with E-state index in [-0.39, 0.29) is 11.6 Å². The van der Waals surface area contributed by atoms with E-state index in [1.165, 1.54) is 6.42 Å². The van der Waals surface area contributed by atoms with Gasteiger partial charge in [0.15, 0.2) is 0 Å². The van der Waals surface area contributed by atoms with Gasteiger partial charge >= 0.3 is 5.97 Å². The second-order valence-corrected chi connectivity index (χ2v) is 5.77. The number of hydrogen-bond donors (Lipinski definition) is 1. The number of carbonyl (C=O) groups excluding carboxylic acids is 1. The molecule has 0 spiro atoms. The molecular formula is C13H24O3. The van der Waals surface area contributed by atoms with Crippen molar-refractivity contribution in [2.75, 3.05) is 6.61 Å². The predicted octanol–water partition coefficient (Wildman–Crippen LogP) is 2.52. The Balaban J connectivity index is 1.97. The zero-order valence-corrected chi connectivity index (χ0v) is 10.7. The van der Waals surface area contributed by atoms with Gasteiger partial charge in [-0.25, -0.2) is 0 Å². The summed E-state index contributed by atoms with van der Waals surface area (Å²) in [5.74, 6) is 1.16. The van der Waals surface area contributed by atoms with Gasteiger partial charge in [-0.2, -0.15) is 0 Å². The van der Waals surface area contributed by atoms with Crippen LogP contribution in [0.1, 0.15) is 52.9 Å². The Morgan fingerprint density at radius 3 is 2.50 bits per heavy atom. The third-order valence-electron chi connectivity index (χ3n) is 2.93. The minimum Gasteiger partial charge on any atom is -0.460 e. The molecule has 1 rings (SSSR count). The van der Waals surface area contributed by atoms with E-state index in [0.717, 1.165) is 19.3 Å². The van der Waals surface area contributed by atoms with Crippen LogP contribution in [0.25, 0.3) is 0 Å². The molecule has 1 fully saturated rings. The van der Waals surface area contributed by atoms with Crippen LogP contribution < -0.4 is 0 Å². The minimum absolute atomic E-state index is 0.0954. The molecule has 94 valence electrons. The highest BCUT2D eigenvalue weighted by Gasteiger charge is 2.35. The summed E-state index contributed by atoms with van der Waals surface area (Å²) in [6.07, 6.45) is 4.81. The fourth-order valence-electron chi connectivity index (χ4n) is 1.96. The van der Waals surface area contributed by atoms with Crippen LogP contribution in [0.15, 0.2) is 0 Å². The maximum Gasteiger partial charge on any atom is 0.306 e. The molecule has 0 heterocycles. The Morgan fingerprint density at radius 2 is 2.00 bits per heavy atom. The number of rotatable bonds is 6. The Kier molecular flexibility index (Phi) is 4.78. The Hall–Kier alpha value is -0.570. The van der Waals surface area contributed by atoms with E-state index < -0.39 is 0 Å². The molecule has 0 unspecified atom stereocenters. The van der Waals surface area contributed by atoms with Gasteiger partial charge in [0.05, 0.1) is 0 Å². The van der Waals surface area contributed by atoms with Crippen LogP contribution in [0.2, 0.25) is 0 Å². The molecule has 0 radical (unpaired) electrons. The molecular weight excluding hydrogens is 204 g/mol. The predicted molar refractivity (Wildman–Crippen MR) is 63.0 cm³/mol. The van der Waals surface area contributed by atoms with Crippen molar-refractivity contribution in [3.8, 4) is 0 Å². The molecule has 0 aliphatic heterocycles. The molecule has 0 aromatic rings. The van der Waals surface area contributed by atoms with Crippen molar-refractivity contribution in [2.45, 2.75) is 58.5 Å². The van der Waals surface area contributed by atoms with Crippen LogP contribution in [0, 0.1) is 11.8 Å². The molecule has 3 heteroatoms. The highest BCUT2D eigenvalue weighted by atomic mass is 16.6. The highest BCUT2D eigenvalue weighted by molar-refractivity contribution is 5.69. The smallest absolute Gasteiger partial charge is 0.306 e. The molecule has 2 atom stereocenters. The summed E-state index contributed by atoms with van der Waals surface area (Å²) in [7, 11) is 0. The van der Waals surface area contributed by atoms with E-state index in [9.17, 15) is 4.79 Å². The van der Waals surface area contributed by atoms with Crippen LogP contribution >= 0.6 is 0 Å². The molecule has 0 aromatic heterocycles. The fourth-order valence-corrected chi connectivity index (χ4v) is 1.96. The first-order valence-corrected chi connectivity index (χ1v) is 6.25. The molecule has 1 aliphatic rings. The van der Waals surface area contributed by atoms with Crippen LogP contribution in [0.5, 0.6) is 0 Å². The van der Waals surface area contributed by atoms with E-state index in [0.29, 0.717) is 24.9 Å². The second kappa shape index (κ2) is 5.67. The lowest BCUT2D eigenvalue weighted by molar-refractivity contribution is -0.154. The molecule has 1 saturated carbocycles. The molecule has 16 heavy (non-hydrogen) atoms. The number of hydrogen-bond acceptors (Lipinski definition) is 3. The number of esters is 1. The van der Waals surface area contributed by atoms with Crippen molar-refractivity contribution in [3.63, 3.8) is 0 Å². The van der Waals surface area contributed by atoms with Crippen molar-refractivity contribution in [2.24, 2.45) is 11.8 Å². The summed E-state index contributed by atoms with van der Waals surface area (Å²) in [5, 5.41) is 8.87. The standard InChI is InChI=1S/C13H24O3/c1-13(2,3)16-12(15)7-5-4-6-10-8-11(10)9-14/h10-11,14H,4-9H2,1-3H3/t10-,11+/m1/s1. The van der Waals surface area contributed by atoms with E-state index >= 15 is 0 Å². The minimum atomic E-state index is -0.366. The SMILES string of the molecule is CC(C)(C)OC(=O)CCCC[C@@H]1C[C@H]1CO. The zero-order chi connectivity index (χ0) is 12.2. The van der Waals surface area contributed by atoms with Crippen LogP contribution in [-0.4, -0.2) is 23.3 Å². The van der Waals surface area contributed by atoms with Gasteiger partial charge in [0.2, 0.25) is 0 Å².